The van der Waals surface area contributed by atoms with Crippen LogP contribution in [0.1, 0.15) is 16.7 Å². The predicted octanol–water partition coefficient (Wildman–Crippen LogP) is 1.46. The minimum Gasteiger partial charge on any atom is -0.377 e. The number of benzene rings is 1. The molecule has 0 bridgehead atoms. The fraction of sp³-hybridized carbons (Fsp3) is 0.429. The van der Waals surface area contributed by atoms with E-state index in [0.29, 0.717) is 6.54 Å². The Hall–Kier alpha value is -1.86. The Kier molecular flexibility index (Phi) is 3.35. The van der Waals surface area contributed by atoms with Gasteiger partial charge in [0, 0.05) is 6.54 Å². The highest BCUT2D eigenvalue weighted by Gasteiger charge is 2.46. The largest absolute Gasteiger partial charge is 0.377 e. The van der Waals surface area contributed by atoms with E-state index in [2.05, 4.69) is 5.32 Å². The maximum atomic E-state index is 11.9. The fourth-order valence-corrected chi connectivity index (χ4v) is 1.89. The summed E-state index contributed by atoms with van der Waals surface area (Å²) in [6.45, 7) is 4.87. The average Bonchev–Trinajstić information content (AvgIpc) is 2.29. The van der Waals surface area contributed by atoms with Crippen LogP contribution in [0.25, 0.3) is 0 Å². The van der Waals surface area contributed by atoms with Crippen molar-refractivity contribution in [2.75, 3.05) is 13.2 Å². The van der Waals surface area contributed by atoms with E-state index in [-0.39, 0.29) is 19.1 Å². The summed E-state index contributed by atoms with van der Waals surface area (Å²) in [5.41, 5.74) is 2.40. The van der Waals surface area contributed by atoms with E-state index in [0.717, 1.165) is 16.7 Å². The van der Waals surface area contributed by atoms with Gasteiger partial charge in [-0.05, 0) is 25.0 Å². The van der Waals surface area contributed by atoms with Gasteiger partial charge in [-0.2, -0.15) is 5.26 Å². The topological polar surface area (TPSA) is 62.1 Å². The Bertz CT molecular complexity index is 513. The van der Waals surface area contributed by atoms with Crippen molar-refractivity contribution < 1.29 is 9.53 Å². The van der Waals surface area contributed by atoms with Crippen molar-refractivity contribution in [3.05, 3.63) is 34.9 Å². The highest BCUT2D eigenvalue weighted by Crippen LogP contribution is 2.26. The van der Waals surface area contributed by atoms with Gasteiger partial charge in [0.15, 0.2) is 5.41 Å². The van der Waals surface area contributed by atoms with E-state index in [1.54, 1.807) is 0 Å². The van der Waals surface area contributed by atoms with Gasteiger partial charge in [-0.1, -0.05) is 23.8 Å². The maximum Gasteiger partial charge on any atom is 0.245 e. The SMILES string of the molecule is Cc1ccc(C)c(CNC(=O)C2(C#N)COC2)c1. The average molecular weight is 244 g/mol. The molecule has 2 rings (SSSR count). The summed E-state index contributed by atoms with van der Waals surface area (Å²) in [6, 6.07) is 8.16. The Morgan fingerprint density at radius 3 is 2.78 bits per heavy atom. The number of rotatable bonds is 3. The summed E-state index contributed by atoms with van der Waals surface area (Å²) < 4.78 is 4.96. The second-order valence-corrected chi connectivity index (χ2v) is 4.80. The van der Waals surface area contributed by atoms with Gasteiger partial charge < -0.3 is 10.1 Å². The number of nitrogens with one attached hydrogen (secondary N) is 1. The second kappa shape index (κ2) is 4.79. The van der Waals surface area contributed by atoms with E-state index >= 15 is 0 Å². The lowest BCUT2D eigenvalue weighted by atomic mass is 9.87. The molecule has 0 aliphatic carbocycles. The fourth-order valence-electron chi connectivity index (χ4n) is 1.89. The van der Waals surface area contributed by atoms with E-state index in [9.17, 15) is 4.79 Å². The zero-order valence-corrected chi connectivity index (χ0v) is 10.6. The van der Waals surface area contributed by atoms with Gasteiger partial charge in [0.25, 0.3) is 0 Å². The molecule has 1 aromatic carbocycles. The molecule has 1 aliphatic heterocycles. The van der Waals surface area contributed by atoms with Gasteiger partial charge in [-0.3, -0.25) is 4.79 Å². The first kappa shape index (κ1) is 12.6. The lowest BCUT2D eigenvalue weighted by Gasteiger charge is -2.33. The van der Waals surface area contributed by atoms with E-state index < -0.39 is 5.41 Å². The Balaban J connectivity index is 2.02. The van der Waals surface area contributed by atoms with Gasteiger partial charge in [0.1, 0.15) is 0 Å². The van der Waals surface area contributed by atoms with Crippen molar-refractivity contribution in [2.45, 2.75) is 20.4 Å². The van der Waals surface area contributed by atoms with Gasteiger partial charge in [0.2, 0.25) is 5.91 Å². The summed E-state index contributed by atoms with van der Waals surface area (Å²) in [6.07, 6.45) is 0. The van der Waals surface area contributed by atoms with Gasteiger partial charge in [0.05, 0.1) is 19.3 Å². The van der Waals surface area contributed by atoms with Crippen LogP contribution in [-0.2, 0) is 16.1 Å². The molecule has 94 valence electrons. The number of ether oxygens (including phenoxy) is 1. The van der Waals surface area contributed by atoms with Gasteiger partial charge >= 0.3 is 0 Å². The first-order valence-corrected chi connectivity index (χ1v) is 5.91. The van der Waals surface area contributed by atoms with E-state index in [1.807, 2.05) is 38.1 Å². The number of nitriles is 1. The lowest BCUT2D eigenvalue weighted by molar-refractivity contribution is -0.150. The van der Waals surface area contributed by atoms with Crippen LogP contribution in [0.4, 0.5) is 0 Å². The molecule has 0 atom stereocenters. The zero-order chi connectivity index (χ0) is 13.2. The van der Waals surface area contributed by atoms with Gasteiger partial charge in [-0.15, -0.1) is 0 Å². The van der Waals surface area contributed by atoms with Crippen molar-refractivity contribution in [2.24, 2.45) is 5.41 Å². The molecular weight excluding hydrogens is 228 g/mol. The maximum absolute atomic E-state index is 11.9. The lowest BCUT2D eigenvalue weighted by Crippen LogP contribution is -2.52. The molecule has 4 nitrogen and oxygen atoms in total. The molecule has 1 heterocycles. The third-order valence-electron chi connectivity index (χ3n) is 3.29. The highest BCUT2D eigenvalue weighted by molar-refractivity contribution is 5.86. The number of hydrogen-bond acceptors (Lipinski definition) is 3. The van der Waals surface area contributed by atoms with Gasteiger partial charge in [-0.25, -0.2) is 0 Å². The van der Waals surface area contributed by atoms with Crippen LogP contribution in [0.5, 0.6) is 0 Å². The molecule has 1 aliphatic rings. The number of carbonyl (C=O) groups excluding carboxylic acids is 1. The predicted molar refractivity (Wildman–Crippen MR) is 66.6 cm³/mol. The Morgan fingerprint density at radius 1 is 1.50 bits per heavy atom. The third kappa shape index (κ3) is 2.22. The van der Waals surface area contributed by atoms with Crippen molar-refractivity contribution in [1.29, 1.82) is 5.26 Å². The van der Waals surface area contributed by atoms with Crippen LogP contribution in [-0.4, -0.2) is 19.1 Å². The first-order valence-electron chi connectivity index (χ1n) is 5.91. The van der Waals surface area contributed by atoms with Crippen LogP contribution in [0.15, 0.2) is 18.2 Å². The van der Waals surface area contributed by atoms with Crippen molar-refractivity contribution in [3.63, 3.8) is 0 Å². The number of carbonyl (C=O) groups is 1. The molecule has 1 N–H and O–H groups in total. The molecule has 1 aromatic rings. The summed E-state index contributed by atoms with van der Waals surface area (Å²) >= 11 is 0. The monoisotopic (exact) mass is 244 g/mol. The van der Waals surface area contributed by atoms with Crippen LogP contribution in [0.3, 0.4) is 0 Å². The molecule has 0 saturated carbocycles. The number of hydrogen-bond donors (Lipinski definition) is 1. The van der Waals surface area contributed by atoms with Crippen LogP contribution >= 0.6 is 0 Å². The number of nitrogens with zero attached hydrogens (tertiary/aromatic N) is 1. The Morgan fingerprint density at radius 2 is 2.22 bits per heavy atom. The second-order valence-electron chi connectivity index (χ2n) is 4.80. The minimum atomic E-state index is -0.974. The molecule has 0 aromatic heterocycles. The van der Waals surface area contributed by atoms with Crippen LogP contribution in [0.2, 0.25) is 0 Å². The van der Waals surface area contributed by atoms with Crippen molar-refractivity contribution in [3.8, 4) is 6.07 Å². The zero-order valence-electron chi connectivity index (χ0n) is 10.6. The normalized spacial score (nSPS) is 16.5. The molecule has 4 heteroatoms. The van der Waals surface area contributed by atoms with Crippen molar-refractivity contribution in [1.82, 2.24) is 5.32 Å². The summed E-state index contributed by atoms with van der Waals surface area (Å²) in [4.78, 5) is 11.9. The molecule has 1 saturated heterocycles. The van der Waals surface area contributed by atoms with Crippen LogP contribution in [0, 0.1) is 30.6 Å². The first-order chi connectivity index (χ1) is 8.57. The third-order valence-corrected chi connectivity index (χ3v) is 3.29. The van der Waals surface area contributed by atoms with Crippen LogP contribution < -0.4 is 5.32 Å². The number of amides is 1. The van der Waals surface area contributed by atoms with E-state index in [4.69, 9.17) is 10.00 Å². The van der Waals surface area contributed by atoms with E-state index in [1.165, 1.54) is 0 Å². The molecular formula is C14H16N2O2. The quantitative estimate of drug-likeness (QED) is 0.875. The minimum absolute atomic E-state index is 0.197. The molecule has 1 amide bonds. The standard InChI is InChI=1S/C14H16N2O2/c1-10-3-4-11(2)12(5-10)6-16-13(17)14(7-15)8-18-9-14/h3-5H,6,8-9H2,1-2H3,(H,16,17). The molecule has 0 spiro atoms. The summed E-state index contributed by atoms with van der Waals surface area (Å²) in [5, 5.41) is 11.8. The molecule has 0 radical (unpaired) electrons. The van der Waals surface area contributed by atoms with Crippen molar-refractivity contribution >= 4 is 5.91 Å². The summed E-state index contributed by atoms with van der Waals surface area (Å²) in [5.74, 6) is -0.239. The highest BCUT2D eigenvalue weighted by atomic mass is 16.5. The Labute approximate surface area is 107 Å². The molecule has 18 heavy (non-hydrogen) atoms. The molecule has 1 fully saturated rings. The summed E-state index contributed by atoms with van der Waals surface area (Å²) in [7, 11) is 0. The smallest absolute Gasteiger partial charge is 0.245 e. The molecule has 0 unspecified atom stereocenters. The number of aryl methyl sites for hydroxylation is 2.